The number of fused-ring (bicyclic) bond motifs is 5. The van der Waals surface area contributed by atoms with Crippen LogP contribution >= 0.6 is 11.6 Å². The minimum Gasteiger partial charge on any atom is -0.461 e. The summed E-state index contributed by atoms with van der Waals surface area (Å²) in [5, 5.41) is 12.2. The molecule has 2 aromatic carbocycles. The minimum atomic E-state index is -0.934. The van der Waals surface area contributed by atoms with Crippen LogP contribution in [0.1, 0.15) is 32.1 Å². The van der Waals surface area contributed by atoms with E-state index in [2.05, 4.69) is 25.8 Å². The highest BCUT2D eigenvalue weighted by atomic mass is 35.5. The van der Waals surface area contributed by atoms with E-state index < -0.39 is 23.6 Å². The number of aromatic nitrogens is 3. The summed E-state index contributed by atoms with van der Waals surface area (Å²) in [6.45, 7) is 4.63. The number of nitriles is 1. The number of piperazine rings is 1. The predicted molar refractivity (Wildman–Crippen MR) is 201 cm³/mol. The number of likely N-dealkylation sites (tertiary alicyclic amines) is 1. The van der Waals surface area contributed by atoms with Crippen LogP contribution in [0.2, 0.25) is 5.02 Å². The molecule has 9 rings (SSSR count). The number of alkyl halides is 1. The smallest absolute Gasteiger partial charge is 0.319 e. The molecule has 5 aliphatic heterocycles. The van der Waals surface area contributed by atoms with Gasteiger partial charge in [-0.1, -0.05) is 48.0 Å². The summed E-state index contributed by atoms with van der Waals surface area (Å²) in [6.07, 6.45) is 7.68. The van der Waals surface area contributed by atoms with Gasteiger partial charge in [0.15, 0.2) is 5.82 Å². The molecule has 0 saturated carbocycles. The van der Waals surface area contributed by atoms with E-state index in [1.54, 1.807) is 29.3 Å². The molecular formula is C40H41ClF2N8O3. The van der Waals surface area contributed by atoms with E-state index in [9.17, 15) is 14.4 Å². The van der Waals surface area contributed by atoms with Crippen molar-refractivity contribution in [1.29, 1.82) is 5.26 Å². The van der Waals surface area contributed by atoms with Crippen LogP contribution in [0, 0.1) is 17.1 Å². The molecular weight excluding hydrogens is 714 g/mol. The van der Waals surface area contributed by atoms with Crippen molar-refractivity contribution in [2.45, 2.75) is 62.0 Å². The van der Waals surface area contributed by atoms with Crippen LogP contribution in [-0.2, 0) is 9.53 Å². The highest BCUT2D eigenvalue weighted by Crippen LogP contribution is 2.41. The number of benzene rings is 2. The maximum atomic E-state index is 17.0. The molecule has 5 fully saturated rings. The summed E-state index contributed by atoms with van der Waals surface area (Å²) in [5.41, 5.74) is 0.186. The van der Waals surface area contributed by atoms with Crippen molar-refractivity contribution >= 4 is 45.0 Å². The van der Waals surface area contributed by atoms with Gasteiger partial charge in [-0.2, -0.15) is 15.2 Å². The van der Waals surface area contributed by atoms with Crippen LogP contribution < -0.4 is 9.64 Å². The van der Waals surface area contributed by atoms with E-state index in [0.29, 0.717) is 65.8 Å². The lowest BCUT2D eigenvalue weighted by Gasteiger charge is -2.41. The standard InChI is InChI=1S/C40H41ClF2N8O3/c41-32-8-2-6-25-5-1-7-30(34(25)32)36-35(43)37-31(19-45-36)38(47-39(46-37)54-24-40-11-4-14-50(40)20-26(42)18-40)49-15-16-51(27(21-49)10-12-44)33(52)9-3-13-48-22-29-17-28(48)23-53-29/h1-3,5-9,19,26-29H,4,10-11,13-18,20-24H2/b9-3+/t26-,27+,28+,29+,40+/m1/s1. The number of carbonyl (C=O) groups excluding carboxylic acids is 1. The molecule has 1 amide bonds. The third-order valence-corrected chi connectivity index (χ3v) is 12.3. The van der Waals surface area contributed by atoms with Gasteiger partial charge in [-0.3, -0.25) is 19.6 Å². The first-order valence-corrected chi connectivity index (χ1v) is 19.2. The van der Waals surface area contributed by atoms with Gasteiger partial charge in [-0.15, -0.1) is 0 Å². The first-order valence-electron chi connectivity index (χ1n) is 18.8. The normalized spacial score (nSPS) is 27.1. The molecule has 2 bridgehead atoms. The highest BCUT2D eigenvalue weighted by Gasteiger charge is 2.49. The predicted octanol–water partition coefficient (Wildman–Crippen LogP) is 5.55. The van der Waals surface area contributed by atoms with Gasteiger partial charge >= 0.3 is 6.01 Å². The number of rotatable bonds is 9. The van der Waals surface area contributed by atoms with Crippen molar-refractivity contribution in [2.75, 3.05) is 63.9 Å². The molecule has 5 saturated heterocycles. The first-order chi connectivity index (χ1) is 26.3. The molecule has 11 nitrogen and oxygen atoms in total. The SMILES string of the molecule is N#CC[C@H]1CN(c2nc(OC[C@@]34CCCN3C[C@H](F)C4)nc3c(F)c(-c4cccc5cccc(Cl)c45)ncc23)CCN1C(=O)/C=C/CN1C[C@@H]2C[C@H]1CO2. The van der Waals surface area contributed by atoms with E-state index in [-0.39, 0.29) is 48.8 Å². The van der Waals surface area contributed by atoms with Crippen LogP contribution in [0.3, 0.4) is 0 Å². The zero-order chi connectivity index (χ0) is 37.0. The minimum absolute atomic E-state index is 0.0210. The summed E-state index contributed by atoms with van der Waals surface area (Å²) in [7, 11) is 0. The second kappa shape index (κ2) is 14.3. The van der Waals surface area contributed by atoms with Gasteiger partial charge in [0.2, 0.25) is 5.91 Å². The molecule has 0 unspecified atom stereocenters. The van der Waals surface area contributed by atoms with Crippen molar-refractivity contribution in [3.63, 3.8) is 0 Å². The molecule has 54 heavy (non-hydrogen) atoms. The third-order valence-electron chi connectivity index (χ3n) is 12.0. The van der Waals surface area contributed by atoms with Crippen molar-refractivity contribution in [1.82, 2.24) is 29.7 Å². The van der Waals surface area contributed by atoms with Crippen molar-refractivity contribution < 1.29 is 23.0 Å². The zero-order valence-corrected chi connectivity index (χ0v) is 30.6. The Bertz CT molecular complexity index is 2180. The molecule has 0 aliphatic carbocycles. The molecule has 7 heterocycles. The van der Waals surface area contributed by atoms with E-state index in [0.717, 1.165) is 44.3 Å². The van der Waals surface area contributed by atoms with Gasteiger partial charge in [0.1, 0.15) is 29.8 Å². The van der Waals surface area contributed by atoms with E-state index in [1.165, 1.54) is 0 Å². The monoisotopic (exact) mass is 754 g/mol. The molecule has 2 aromatic heterocycles. The Morgan fingerprint density at radius 1 is 1.15 bits per heavy atom. The summed E-state index contributed by atoms with van der Waals surface area (Å²) < 4.78 is 43.6. The van der Waals surface area contributed by atoms with E-state index >= 15 is 4.39 Å². The van der Waals surface area contributed by atoms with Crippen LogP contribution in [0.4, 0.5) is 14.6 Å². The van der Waals surface area contributed by atoms with E-state index in [4.69, 9.17) is 26.1 Å². The van der Waals surface area contributed by atoms with Crippen LogP contribution in [0.15, 0.2) is 54.7 Å². The highest BCUT2D eigenvalue weighted by molar-refractivity contribution is 6.36. The fourth-order valence-electron chi connectivity index (χ4n) is 9.36. The Morgan fingerprint density at radius 2 is 2.02 bits per heavy atom. The number of pyridine rings is 1. The number of hydrogen-bond donors (Lipinski definition) is 0. The summed E-state index contributed by atoms with van der Waals surface area (Å²) in [5.74, 6) is -0.401. The van der Waals surface area contributed by atoms with Gasteiger partial charge in [0.05, 0.1) is 42.2 Å². The van der Waals surface area contributed by atoms with Gasteiger partial charge in [-0.05, 0) is 37.3 Å². The average molecular weight is 755 g/mol. The number of halogens is 3. The molecule has 4 aromatic rings. The Labute approximate surface area is 317 Å². The molecule has 5 atom stereocenters. The lowest BCUT2D eigenvalue weighted by atomic mass is 9.95. The zero-order valence-electron chi connectivity index (χ0n) is 29.8. The maximum Gasteiger partial charge on any atom is 0.319 e. The van der Waals surface area contributed by atoms with Crippen molar-refractivity contribution in [2.24, 2.45) is 0 Å². The lowest BCUT2D eigenvalue weighted by molar-refractivity contribution is -0.128. The summed E-state index contributed by atoms with van der Waals surface area (Å²) in [6, 6.07) is 13.2. The number of nitrogens with zero attached hydrogens (tertiary/aromatic N) is 8. The molecule has 0 radical (unpaired) electrons. The Balaban J connectivity index is 1.04. The number of ether oxygens (including phenoxy) is 2. The molecule has 14 heteroatoms. The fourth-order valence-corrected chi connectivity index (χ4v) is 9.64. The molecule has 5 aliphatic rings. The average Bonchev–Trinajstić information content (AvgIpc) is 3.96. The molecule has 0 N–H and O–H groups in total. The quantitative estimate of drug-likeness (QED) is 0.202. The Kier molecular flexibility index (Phi) is 9.33. The largest absolute Gasteiger partial charge is 0.461 e. The second-order valence-electron chi connectivity index (χ2n) is 15.2. The number of anilines is 1. The van der Waals surface area contributed by atoms with E-state index in [1.807, 2.05) is 35.2 Å². The van der Waals surface area contributed by atoms with Gasteiger partial charge in [0.25, 0.3) is 0 Å². The van der Waals surface area contributed by atoms with Gasteiger partial charge in [0, 0.05) is 80.0 Å². The number of carbonyl (C=O) groups is 1. The summed E-state index contributed by atoms with van der Waals surface area (Å²) in [4.78, 5) is 35.8. The van der Waals surface area contributed by atoms with Gasteiger partial charge in [-0.25, -0.2) is 8.78 Å². The number of hydrogen-bond acceptors (Lipinski definition) is 10. The number of amides is 1. The molecule has 280 valence electrons. The third kappa shape index (κ3) is 6.32. The first kappa shape index (κ1) is 35.2. The Hall–Kier alpha value is -4.48. The van der Waals surface area contributed by atoms with Crippen molar-refractivity contribution in [3.8, 4) is 23.3 Å². The van der Waals surface area contributed by atoms with Crippen LogP contribution in [-0.4, -0.2) is 124 Å². The maximum absolute atomic E-state index is 17.0. The second-order valence-corrected chi connectivity index (χ2v) is 15.6. The van der Waals surface area contributed by atoms with Gasteiger partial charge < -0.3 is 19.3 Å². The van der Waals surface area contributed by atoms with Crippen molar-refractivity contribution in [3.05, 3.63) is 65.6 Å². The lowest BCUT2D eigenvalue weighted by Crippen LogP contribution is -2.55. The fraction of sp³-hybridized carbons (Fsp3) is 0.475. The van der Waals surface area contributed by atoms with Crippen LogP contribution in [0.25, 0.3) is 32.9 Å². The Morgan fingerprint density at radius 3 is 2.83 bits per heavy atom. The summed E-state index contributed by atoms with van der Waals surface area (Å²) >= 11 is 6.64. The molecule has 0 spiro atoms. The number of morpholine rings is 1. The van der Waals surface area contributed by atoms with Crippen LogP contribution in [0.5, 0.6) is 6.01 Å². The topological polar surface area (TPSA) is 111 Å².